The van der Waals surface area contributed by atoms with Crippen LogP contribution in [0.3, 0.4) is 0 Å². The molecule has 1 aromatic rings. The van der Waals surface area contributed by atoms with Crippen LogP contribution >= 0.6 is 11.6 Å². The number of piperidine rings is 1. The Hall–Kier alpha value is -0.970. The van der Waals surface area contributed by atoms with Gasteiger partial charge in [-0.05, 0) is 56.0 Å². The standard InChI is InChI=1S/C16H23ClN2O2/c17-14-8-13(9-15-16(14)21-7-6-20-15)11-19-5-1-2-12(10-19)3-4-18/h8-9,12H,1-7,10-11,18H2. The molecule has 1 atom stereocenters. The van der Waals surface area contributed by atoms with Crippen LogP contribution in [0.1, 0.15) is 24.8 Å². The molecular weight excluding hydrogens is 288 g/mol. The lowest BCUT2D eigenvalue weighted by molar-refractivity contribution is 0.160. The van der Waals surface area contributed by atoms with Crippen LogP contribution < -0.4 is 15.2 Å². The fourth-order valence-electron chi connectivity index (χ4n) is 3.28. The summed E-state index contributed by atoms with van der Waals surface area (Å²) < 4.78 is 11.2. The molecule has 0 aromatic heterocycles. The average molecular weight is 311 g/mol. The fraction of sp³-hybridized carbons (Fsp3) is 0.625. The van der Waals surface area contributed by atoms with E-state index in [1.165, 1.54) is 18.4 Å². The molecule has 0 spiro atoms. The van der Waals surface area contributed by atoms with Crippen molar-refractivity contribution in [3.05, 3.63) is 22.7 Å². The number of benzene rings is 1. The highest BCUT2D eigenvalue weighted by Crippen LogP contribution is 2.38. The van der Waals surface area contributed by atoms with Gasteiger partial charge in [0.1, 0.15) is 13.2 Å². The first-order valence-electron chi connectivity index (χ1n) is 7.76. The third-order valence-electron chi connectivity index (χ3n) is 4.24. The minimum absolute atomic E-state index is 0.568. The second-order valence-electron chi connectivity index (χ2n) is 5.92. The summed E-state index contributed by atoms with van der Waals surface area (Å²) in [6.45, 7) is 5.14. The third-order valence-corrected chi connectivity index (χ3v) is 4.52. The van der Waals surface area contributed by atoms with Crippen LogP contribution in [0.5, 0.6) is 11.5 Å². The van der Waals surface area contributed by atoms with E-state index in [4.69, 9.17) is 26.8 Å². The lowest BCUT2D eigenvalue weighted by Crippen LogP contribution is -2.35. The first-order valence-corrected chi connectivity index (χ1v) is 8.14. The van der Waals surface area contributed by atoms with Crippen molar-refractivity contribution in [2.75, 3.05) is 32.8 Å². The molecule has 2 aliphatic rings. The molecule has 1 aromatic carbocycles. The van der Waals surface area contributed by atoms with Crippen molar-refractivity contribution in [3.63, 3.8) is 0 Å². The van der Waals surface area contributed by atoms with Crippen LogP contribution in [0.15, 0.2) is 12.1 Å². The van der Waals surface area contributed by atoms with Crippen molar-refractivity contribution < 1.29 is 9.47 Å². The minimum Gasteiger partial charge on any atom is -0.486 e. The Bertz CT molecular complexity index is 493. The largest absolute Gasteiger partial charge is 0.486 e. The highest BCUT2D eigenvalue weighted by Gasteiger charge is 2.21. The van der Waals surface area contributed by atoms with Crippen LogP contribution in [0, 0.1) is 5.92 Å². The third kappa shape index (κ3) is 3.62. The number of ether oxygens (including phenoxy) is 2. The predicted molar refractivity (Wildman–Crippen MR) is 84.1 cm³/mol. The normalized spacial score (nSPS) is 22.3. The Morgan fingerprint density at radius 2 is 2.14 bits per heavy atom. The molecule has 2 heterocycles. The Morgan fingerprint density at radius 1 is 1.29 bits per heavy atom. The zero-order valence-corrected chi connectivity index (χ0v) is 13.1. The van der Waals surface area contributed by atoms with Gasteiger partial charge in [-0.25, -0.2) is 0 Å². The number of nitrogens with two attached hydrogens (primary N) is 1. The lowest BCUT2D eigenvalue weighted by atomic mass is 9.94. The topological polar surface area (TPSA) is 47.7 Å². The summed E-state index contributed by atoms with van der Waals surface area (Å²) in [7, 11) is 0. The molecule has 116 valence electrons. The minimum atomic E-state index is 0.568. The van der Waals surface area contributed by atoms with E-state index in [2.05, 4.69) is 11.0 Å². The van der Waals surface area contributed by atoms with Gasteiger partial charge >= 0.3 is 0 Å². The van der Waals surface area contributed by atoms with Crippen molar-refractivity contribution in [2.45, 2.75) is 25.8 Å². The zero-order valence-electron chi connectivity index (χ0n) is 12.3. The molecule has 2 aliphatic heterocycles. The van der Waals surface area contributed by atoms with Crippen molar-refractivity contribution in [1.82, 2.24) is 4.90 Å². The quantitative estimate of drug-likeness (QED) is 0.929. The number of rotatable bonds is 4. The molecule has 4 nitrogen and oxygen atoms in total. The molecule has 0 bridgehead atoms. The van der Waals surface area contributed by atoms with Gasteiger partial charge in [0.25, 0.3) is 0 Å². The molecule has 1 saturated heterocycles. The van der Waals surface area contributed by atoms with Crippen LogP contribution in [0.2, 0.25) is 5.02 Å². The summed E-state index contributed by atoms with van der Waals surface area (Å²) in [5.74, 6) is 2.20. The van der Waals surface area contributed by atoms with Crippen LogP contribution in [0.25, 0.3) is 0 Å². The van der Waals surface area contributed by atoms with Crippen molar-refractivity contribution >= 4 is 11.6 Å². The first kappa shape index (κ1) is 14.9. The van der Waals surface area contributed by atoms with E-state index in [0.29, 0.717) is 24.0 Å². The number of nitrogens with zero attached hydrogens (tertiary/aromatic N) is 1. The molecule has 5 heteroatoms. The predicted octanol–water partition coefficient (Wildman–Crippen LogP) is 2.67. The number of hydrogen-bond donors (Lipinski definition) is 1. The van der Waals surface area contributed by atoms with E-state index in [-0.39, 0.29) is 0 Å². The fourth-order valence-corrected chi connectivity index (χ4v) is 3.57. The number of fused-ring (bicyclic) bond motifs is 1. The van der Waals surface area contributed by atoms with Crippen molar-refractivity contribution in [2.24, 2.45) is 11.7 Å². The molecule has 1 fully saturated rings. The summed E-state index contributed by atoms with van der Waals surface area (Å²) in [6.07, 6.45) is 3.68. The monoisotopic (exact) mass is 310 g/mol. The van der Waals surface area contributed by atoms with E-state index in [1.54, 1.807) is 0 Å². The Morgan fingerprint density at radius 3 is 3.00 bits per heavy atom. The van der Waals surface area contributed by atoms with Crippen LogP contribution in [-0.4, -0.2) is 37.7 Å². The summed E-state index contributed by atoms with van der Waals surface area (Å²) in [6, 6.07) is 4.06. The van der Waals surface area contributed by atoms with Crippen LogP contribution in [0.4, 0.5) is 0 Å². The smallest absolute Gasteiger partial charge is 0.179 e. The molecule has 21 heavy (non-hydrogen) atoms. The van der Waals surface area contributed by atoms with Gasteiger partial charge in [-0.3, -0.25) is 4.90 Å². The summed E-state index contributed by atoms with van der Waals surface area (Å²) >= 11 is 6.30. The number of halogens is 1. The zero-order chi connectivity index (χ0) is 14.7. The Labute approximate surface area is 131 Å². The molecule has 0 amide bonds. The summed E-state index contributed by atoms with van der Waals surface area (Å²) in [4.78, 5) is 2.49. The van der Waals surface area contributed by atoms with Gasteiger partial charge in [0, 0.05) is 13.1 Å². The van der Waals surface area contributed by atoms with Crippen LogP contribution in [-0.2, 0) is 6.54 Å². The molecule has 1 unspecified atom stereocenters. The molecular formula is C16H23ClN2O2. The summed E-state index contributed by atoms with van der Waals surface area (Å²) in [5.41, 5.74) is 6.88. The number of hydrogen-bond acceptors (Lipinski definition) is 4. The summed E-state index contributed by atoms with van der Waals surface area (Å²) in [5, 5.41) is 0.651. The second kappa shape index (κ2) is 6.86. The molecule has 0 saturated carbocycles. The first-order chi connectivity index (χ1) is 10.3. The second-order valence-corrected chi connectivity index (χ2v) is 6.33. The SMILES string of the molecule is NCCC1CCCN(Cc2cc(Cl)c3c(c2)OCCO3)C1. The number of likely N-dealkylation sites (tertiary alicyclic amines) is 1. The van der Waals surface area contributed by atoms with E-state index in [0.717, 1.165) is 44.3 Å². The maximum absolute atomic E-state index is 6.30. The Balaban J connectivity index is 1.68. The molecule has 0 aliphatic carbocycles. The van der Waals surface area contributed by atoms with Gasteiger partial charge in [0.05, 0.1) is 5.02 Å². The van der Waals surface area contributed by atoms with E-state index in [9.17, 15) is 0 Å². The average Bonchev–Trinajstić information content (AvgIpc) is 2.48. The van der Waals surface area contributed by atoms with E-state index < -0.39 is 0 Å². The molecule has 3 rings (SSSR count). The van der Waals surface area contributed by atoms with Crippen molar-refractivity contribution in [3.8, 4) is 11.5 Å². The van der Waals surface area contributed by atoms with Crippen molar-refractivity contribution in [1.29, 1.82) is 0 Å². The maximum Gasteiger partial charge on any atom is 0.179 e. The van der Waals surface area contributed by atoms with Gasteiger partial charge in [0.15, 0.2) is 11.5 Å². The highest BCUT2D eigenvalue weighted by molar-refractivity contribution is 6.32. The maximum atomic E-state index is 6.30. The van der Waals surface area contributed by atoms with Gasteiger partial charge < -0.3 is 15.2 Å². The molecule has 0 radical (unpaired) electrons. The van der Waals surface area contributed by atoms with Gasteiger partial charge in [-0.1, -0.05) is 11.6 Å². The lowest BCUT2D eigenvalue weighted by Gasteiger charge is -2.33. The molecule has 2 N–H and O–H groups in total. The van der Waals surface area contributed by atoms with E-state index >= 15 is 0 Å². The van der Waals surface area contributed by atoms with E-state index in [1.807, 2.05) is 6.07 Å². The van der Waals surface area contributed by atoms with Gasteiger partial charge in [0.2, 0.25) is 0 Å². The Kier molecular flexibility index (Phi) is 4.88. The highest BCUT2D eigenvalue weighted by atomic mass is 35.5. The van der Waals surface area contributed by atoms with Gasteiger partial charge in [-0.15, -0.1) is 0 Å². The van der Waals surface area contributed by atoms with Gasteiger partial charge in [-0.2, -0.15) is 0 Å².